The molecule has 0 spiro atoms. The fraction of sp³-hybridized carbons (Fsp3) is 0.143. The summed E-state index contributed by atoms with van der Waals surface area (Å²) in [5, 5.41) is 2.88. The molecule has 0 aliphatic heterocycles. The first-order valence-electron chi connectivity index (χ1n) is 5.77. The molecule has 1 atom stereocenters. The second kappa shape index (κ2) is 5.75. The van der Waals surface area contributed by atoms with Crippen molar-refractivity contribution >= 4 is 5.69 Å². The molecule has 2 aromatic carbocycles. The number of halogens is 3. The van der Waals surface area contributed by atoms with Gasteiger partial charge in [-0.1, -0.05) is 6.07 Å². The molecule has 100 valence electrons. The van der Waals surface area contributed by atoms with Crippen LogP contribution in [-0.2, 0) is 0 Å². The van der Waals surface area contributed by atoms with Crippen LogP contribution in [-0.4, -0.2) is 6.54 Å². The van der Waals surface area contributed by atoms with E-state index in [9.17, 15) is 13.2 Å². The molecular formula is C14H13F3N2. The van der Waals surface area contributed by atoms with Crippen molar-refractivity contribution in [3.8, 4) is 0 Å². The Bertz CT molecular complexity index is 572. The van der Waals surface area contributed by atoms with Crippen molar-refractivity contribution in [2.24, 2.45) is 5.73 Å². The topological polar surface area (TPSA) is 38.0 Å². The average molecular weight is 266 g/mol. The van der Waals surface area contributed by atoms with Gasteiger partial charge < -0.3 is 11.1 Å². The minimum atomic E-state index is -0.627. The highest BCUT2D eigenvalue weighted by atomic mass is 19.1. The van der Waals surface area contributed by atoms with Gasteiger partial charge in [0, 0.05) is 17.8 Å². The lowest BCUT2D eigenvalue weighted by Gasteiger charge is -2.19. The molecule has 0 radical (unpaired) electrons. The summed E-state index contributed by atoms with van der Waals surface area (Å²) in [6.45, 7) is 0.0525. The molecule has 0 saturated carbocycles. The van der Waals surface area contributed by atoms with E-state index in [1.165, 1.54) is 18.2 Å². The molecule has 1 unspecified atom stereocenters. The molecule has 0 saturated heterocycles. The van der Waals surface area contributed by atoms with Gasteiger partial charge in [-0.05, 0) is 36.4 Å². The molecule has 0 aromatic heterocycles. The molecular weight excluding hydrogens is 253 g/mol. The maximum atomic E-state index is 13.7. The lowest BCUT2D eigenvalue weighted by atomic mass is 10.1. The zero-order valence-electron chi connectivity index (χ0n) is 10.0. The van der Waals surface area contributed by atoms with Gasteiger partial charge in [0.05, 0.1) is 6.04 Å². The van der Waals surface area contributed by atoms with Gasteiger partial charge in [-0.15, -0.1) is 0 Å². The second-order valence-electron chi connectivity index (χ2n) is 4.11. The highest BCUT2D eigenvalue weighted by Crippen LogP contribution is 2.22. The van der Waals surface area contributed by atoms with E-state index in [0.717, 1.165) is 18.2 Å². The van der Waals surface area contributed by atoms with Crippen molar-refractivity contribution in [2.45, 2.75) is 6.04 Å². The van der Waals surface area contributed by atoms with E-state index in [2.05, 4.69) is 5.32 Å². The van der Waals surface area contributed by atoms with Crippen LogP contribution < -0.4 is 11.1 Å². The van der Waals surface area contributed by atoms with E-state index >= 15 is 0 Å². The Morgan fingerprint density at radius 2 is 1.74 bits per heavy atom. The Kier molecular flexibility index (Phi) is 4.06. The van der Waals surface area contributed by atoms with Gasteiger partial charge in [0.2, 0.25) is 0 Å². The van der Waals surface area contributed by atoms with Crippen LogP contribution in [0.1, 0.15) is 11.6 Å². The van der Waals surface area contributed by atoms with Crippen molar-refractivity contribution in [1.29, 1.82) is 0 Å². The molecule has 0 heterocycles. The first-order valence-corrected chi connectivity index (χ1v) is 5.77. The van der Waals surface area contributed by atoms with Gasteiger partial charge in [-0.25, -0.2) is 13.2 Å². The van der Waals surface area contributed by atoms with Gasteiger partial charge in [0.25, 0.3) is 0 Å². The zero-order chi connectivity index (χ0) is 13.8. The number of nitrogens with two attached hydrogens (primary N) is 1. The number of nitrogens with one attached hydrogen (secondary N) is 1. The summed E-state index contributed by atoms with van der Waals surface area (Å²) in [5.41, 5.74) is 6.14. The van der Waals surface area contributed by atoms with Crippen molar-refractivity contribution in [1.82, 2.24) is 0 Å². The monoisotopic (exact) mass is 266 g/mol. The summed E-state index contributed by atoms with van der Waals surface area (Å²) in [5.74, 6) is -1.52. The first kappa shape index (κ1) is 13.4. The van der Waals surface area contributed by atoms with Gasteiger partial charge in [0.1, 0.15) is 17.5 Å². The predicted molar refractivity (Wildman–Crippen MR) is 68.2 cm³/mol. The van der Waals surface area contributed by atoms with Gasteiger partial charge >= 0.3 is 0 Å². The summed E-state index contributed by atoms with van der Waals surface area (Å²) in [7, 11) is 0. The summed E-state index contributed by atoms with van der Waals surface area (Å²) >= 11 is 0. The fourth-order valence-electron chi connectivity index (χ4n) is 1.82. The Labute approximate surface area is 109 Å². The van der Waals surface area contributed by atoms with Crippen LogP contribution in [0.2, 0.25) is 0 Å². The predicted octanol–water partition coefficient (Wildman–Crippen LogP) is 3.22. The number of anilines is 1. The molecule has 0 fully saturated rings. The Hall–Kier alpha value is -2.01. The molecule has 3 N–H and O–H groups in total. The lowest BCUT2D eigenvalue weighted by Crippen LogP contribution is -2.22. The standard InChI is InChI=1S/C14H13F3N2/c15-9-2-1-3-11(6-9)19-14(8-18)12-7-10(16)4-5-13(12)17/h1-7,14,19H,8,18H2. The van der Waals surface area contributed by atoms with Crippen LogP contribution in [0.4, 0.5) is 18.9 Å². The third-order valence-electron chi connectivity index (χ3n) is 2.73. The van der Waals surface area contributed by atoms with Crippen molar-refractivity contribution in [3.63, 3.8) is 0 Å². The molecule has 2 aromatic rings. The van der Waals surface area contributed by atoms with Crippen LogP contribution in [0.3, 0.4) is 0 Å². The maximum absolute atomic E-state index is 13.7. The molecule has 19 heavy (non-hydrogen) atoms. The van der Waals surface area contributed by atoms with Crippen molar-refractivity contribution < 1.29 is 13.2 Å². The minimum absolute atomic E-state index is 0.0525. The largest absolute Gasteiger partial charge is 0.377 e. The van der Waals surface area contributed by atoms with Crippen molar-refractivity contribution in [3.05, 3.63) is 65.5 Å². The molecule has 5 heteroatoms. The summed E-state index contributed by atoms with van der Waals surface area (Å²) in [6.07, 6.45) is 0. The SMILES string of the molecule is NCC(Nc1cccc(F)c1)c1cc(F)ccc1F. The molecule has 2 nitrogen and oxygen atoms in total. The molecule has 0 amide bonds. The third-order valence-corrected chi connectivity index (χ3v) is 2.73. The highest BCUT2D eigenvalue weighted by molar-refractivity contribution is 5.46. The van der Waals surface area contributed by atoms with Crippen LogP contribution >= 0.6 is 0 Å². The van der Waals surface area contributed by atoms with Gasteiger partial charge in [-0.3, -0.25) is 0 Å². The second-order valence-corrected chi connectivity index (χ2v) is 4.11. The van der Waals surface area contributed by atoms with E-state index in [0.29, 0.717) is 5.69 Å². The van der Waals surface area contributed by atoms with E-state index in [1.54, 1.807) is 6.07 Å². The van der Waals surface area contributed by atoms with Crippen LogP contribution in [0.25, 0.3) is 0 Å². The van der Waals surface area contributed by atoms with Gasteiger partial charge in [0.15, 0.2) is 0 Å². The van der Waals surface area contributed by atoms with E-state index in [-0.39, 0.29) is 12.1 Å². The smallest absolute Gasteiger partial charge is 0.128 e. The number of benzene rings is 2. The Morgan fingerprint density at radius 1 is 1.00 bits per heavy atom. The normalized spacial score (nSPS) is 12.2. The summed E-state index contributed by atoms with van der Waals surface area (Å²) in [6, 6.07) is 8.24. The third kappa shape index (κ3) is 3.26. The van der Waals surface area contributed by atoms with E-state index in [4.69, 9.17) is 5.73 Å². The van der Waals surface area contributed by atoms with Crippen LogP contribution in [0.15, 0.2) is 42.5 Å². The van der Waals surface area contributed by atoms with E-state index in [1.807, 2.05) is 0 Å². The zero-order valence-corrected chi connectivity index (χ0v) is 10.0. The van der Waals surface area contributed by atoms with Gasteiger partial charge in [-0.2, -0.15) is 0 Å². The fourth-order valence-corrected chi connectivity index (χ4v) is 1.82. The summed E-state index contributed by atoms with van der Waals surface area (Å²) in [4.78, 5) is 0. The average Bonchev–Trinajstić information content (AvgIpc) is 2.39. The Balaban J connectivity index is 2.27. The molecule has 0 aliphatic carbocycles. The first-order chi connectivity index (χ1) is 9.10. The van der Waals surface area contributed by atoms with Crippen LogP contribution in [0, 0.1) is 17.5 Å². The van der Waals surface area contributed by atoms with Crippen molar-refractivity contribution in [2.75, 3.05) is 11.9 Å². The molecule has 2 rings (SSSR count). The maximum Gasteiger partial charge on any atom is 0.128 e. The molecule has 0 aliphatic rings. The van der Waals surface area contributed by atoms with E-state index < -0.39 is 23.5 Å². The minimum Gasteiger partial charge on any atom is -0.377 e. The highest BCUT2D eigenvalue weighted by Gasteiger charge is 2.15. The molecule has 0 bridgehead atoms. The number of rotatable bonds is 4. The van der Waals surface area contributed by atoms with Crippen LogP contribution in [0.5, 0.6) is 0 Å². The summed E-state index contributed by atoms with van der Waals surface area (Å²) < 4.78 is 39.9. The quantitative estimate of drug-likeness (QED) is 0.891. The lowest BCUT2D eigenvalue weighted by molar-refractivity contribution is 0.571. The Morgan fingerprint density at radius 3 is 2.42 bits per heavy atom. The number of hydrogen-bond acceptors (Lipinski definition) is 2. The number of hydrogen-bond donors (Lipinski definition) is 2.